The van der Waals surface area contributed by atoms with E-state index >= 15 is 0 Å². The first-order valence-electron chi connectivity index (χ1n) is 4.77. The number of hydrogen-bond donors (Lipinski definition) is 1. The molecule has 0 fully saturated rings. The molecule has 0 saturated carbocycles. The maximum Gasteiger partial charge on any atom is 0.0406 e. The molecule has 1 aromatic rings. The minimum Gasteiger partial charge on any atom is -0.316 e. The maximum atomic E-state index is 5.80. The Balaban J connectivity index is 2.15. The zero-order chi connectivity index (χ0) is 10.2. The molecule has 0 aliphatic carbocycles. The van der Waals surface area contributed by atoms with Crippen molar-refractivity contribution >= 4 is 23.4 Å². The normalized spacial score (nSPS) is 10.4. The van der Waals surface area contributed by atoms with Crippen LogP contribution in [-0.4, -0.2) is 25.1 Å². The lowest BCUT2D eigenvalue weighted by Crippen LogP contribution is -2.19. The summed E-state index contributed by atoms with van der Waals surface area (Å²) < 4.78 is 0. The van der Waals surface area contributed by atoms with Crippen molar-refractivity contribution in [3.05, 3.63) is 34.9 Å². The average Bonchev–Trinajstić information content (AvgIpc) is 2.21. The fourth-order valence-electron chi connectivity index (χ4n) is 1.18. The van der Waals surface area contributed by atoms with Crippen LogP contribution in [0, 0.1) is 0 Å². The van der Waals surface area contributed by atoms with Crippen LogP contribution in [0.4, 0.5) is 0 Å². The Morgan fingerprint density at radius 3 is 2.57 bits per heavy atom. The second-order valence-corrected chi connectivity index (χ2v) is 4.54. The molecule has 1 nitrogen and oxygen atoms in total. The lowest BCUT2D eigenvalue weighted by atomic mass is 10.1. The molecule has 78 valence electrons. The monoisotopic (exact) mass is 229 g/mol. The van der Waals surface area contributed by atoms with Crippen molar-refractivity contribution in [1.29, 1.82) is 0 Å². The Morgan fingerprint density at radius 2 is 1.93 bits per heavy atom. The van der Waals surface area contributed by atoms with Crippen molar-refractivity contribution in [3.63, 3.8) is 0 Å². The highest BCUT2D eigenvalue weighted by Crippen LogP contribution is 2.09. The van der Waals surface area contributed by atoms with Gasteiger partial charge in [-0.1, -0.05) is 23.7 Å². The summed E-state index contributed by atoms with van der Waals surface area (Å²) >= 11 is 7.67. The summed E-state index contributed by atoms with van der Waals surface area (Å²) in [6.07, 6.45) is 3.20. The minimum absolute atomic E-state index is 0.809. The molecule has 0 saturated heterocycles. The Morgan fingerprint density at radius 1 is 1.21 bits per heavy atom. The van der Waals surface area contributed by atoms with E-state index in [4.69, 9.17) is 11.6 Å². The standard InChI is InChI=1S/C11H16ClNS/c1-14-9-8-13-7-6-10-2-4-11(12)5-3-10/h2-5,13H,6-9H2,1H3. The topological polar surface area (TPSA) is 12.0 Å². The van der Waals surface area contributed by atoms with Gasteiger partial charge in [-0.05, 0) is 36.9 Å². The fraction of sp³-hybridized carbons (Fsp3) is 0.455. The third-order valence-corrected chi connectivity index (χ3v) is 2.85. The molecule has 0 amide bonds. The van der Waals surface area contributed by atoms with E-state index in [0.29, 0.717) is 0 Å². The molecule has 0 aliphatic heterocycles. The smallest absolute Gasteiger partial charge is 0.0406 e. The second-order valence-electron chi connectivity index (χ2n) is 3.12. The van der Waals surface area contributed by atoms with Crippen molar-refractivity contribution in [3.8, 4) is 0 Å². The zero-order valence-corrected chi connectivity index (χ0v) is 10.00. The van der Waals surface area contributed by atoms with Crippen molar-refractivity contribution in [2.75, 3.05) is 25.1 Å². The van der Waals surface area contributed by atoms with Gasteiger partial charge in [-0.3, -0.25) is 0 Å². The number of nitrogens with one attached hydrogen (secondary N) is 1. The lowest BCUT2D eigenvalue weighted by Gasteiger charge is -2.03. The number of rotatable bonds is 6. The predicted molar refractivity (Wildman–Crippen MR) is 66.4 cm³/mol. The minimum atomic E-state index is 0.809. The van der Waals surface area contributed by atoms with Gasteiger partial charge < -0.3 is 5.32 Å². The molecule has 0 radical (unpaired) electrons. The van der Waals surface area contributed by atoms with E-state index in [0.717, 1.165) is 24.5 Å². The number of hydrogen-bond acceptors (Lipinski definition) is 2. The van der Waals surface area contributed by atoms with Crippen LogP contribution in [0.5, 0.6) is 0 Å². The Hall–Kier alpha value is -0.180. The Bertz CT molecular complexity index is 248. The largest absolute Gasteiger partial charge is 0.316 e. The van der Waals surface area contributed by atoms with Gasteiger partial charge in [-0.15, -0.1) is 0 Å². The summed E-state index contributed by atoms with van der Waals surface area (Å²) in [5, 5.41) is 4.20. The maximum absolute atomic E-state index is 5.80. The molecule has 3 heteroatoms. The lowest BCUT2D eigenvalue weighted by molar-refractivity contribution is 0.721. The summed E-state index contributed by atoms with van der Waals surface area (Å²) in [6.45, 7) is 2.14. The van der Waals surface area contributed by atoms with Crippen LogP contribution in [0.15, 0.2) is 24.3 Å². The first-order valence-corrected chi connectivity index (χ1v) is 6.54. The van der Waals surface area contributed by atoms with Gasteiger partial charge in [0.1, 0.15) is 0 Å². The van der Waals surface area contributed by atoms with E-state index in [2.05, 4.69) is 23.7 Å². The van der Waals surface area contributed by atoms with Gasteiger partial charge in [-0.2, -0.15) is 11.8 Å². The number of thioether (sulfide) groups is 1. The molecule has 1 N–H and O–H groups in total. The summed E-state index contributed by atoms with van der Waals surface area (Å²) in [5.74, 6) is 1.18. The molecule has 1 aromatic carbocycles. The summed E-state index contributed by atoms with van der Waals surface area (Å²) in [5.41, 5.74) is 1.34. The third kappa shape index (κ3) is 4.89. The molecule has 0 aromatic heterocycles. The quantitative estimate of drug-likeness (QED) is 0.753. The first kappa shape index (κ1) is 11.9. The van der Waals surface area contributed by atoms with Gasteiger partial charge in [0.15, 0.2) is 0 Å². The number of halogens is 1. The van der Waals surface area contributed by atoms with Crippen LogP contribution < -0.4 is 5.32 Å². The predicted octanol–water partition coefficient (Wildman–Crippen LogP) is 2.84. The van der Waals surface area contributed by atoms with Gasteiger partial charge in [-0.25, -0.2) is 0 Å². The summed E-state index contributed by atoms with van der Waals surface area (Å²) in [4.78, 5) is 0. The zero-order valence-electron chi connectivity index (χ0n) is 8.42. The van der Waals surface area contributed by atoms with E-state index in [1.54, 1.807) is 0 Å². The van der Waals surface area contributed by atoms with Gasteiger partial charge >= 0.3 is 0 Å². The molecule has 1 rings (SSSR count). The van der Waals surface area contributed by atoms with E-state index in [-0.39, 0.29) is 0 Å². The summed E-state index contributed by atoms with van der Waals surface area (Å²) in [7, 11) is 0. The molecular weight excluding hydrogens is 214 g/mol. The average molecular weight is 230 g/mol. The van der Waals surface area contributed by atoms with Crippen LogP contribution in [0.1, 0.15) is 5.56 Å². The molecule has 14 heavy (non-hydrogen) atoms. The molecule has 0 bridgehead atoms. The van der Waals surface area contributed by atoms with E-state index in [1.165, 1.54) is 11.3 Å². The van der Waals surface area contributed by atoms with Crippen LogP contribution >= 0.6 is 23.4 Å². The Kier molecular flexibility index (Phi) is 6.08. The molecule has 0 spiro atoms. The van der Waals surface area contributed by atoms with Gasteiger partial charge in [0.05, 0.1) is 0 Å². The van der Waals surface area contributed by atoms with Crippen molar-refractivity contribution in [2.45, 2.75) is 6.42 Å². The van der Waals surface area contributed by atoms with E-state index in [9.17, 15) is 0 Å². The molecular formula is C11H16ClNS. The van der Waals surface area contributed by atoms with Crippen molar-refractivity contribution in [2.24, 2.45) is 0 Å². The van der Waals surface area contributed by atoms with Gasteiger partial charge in [0, 0.05) is 17.3 Å². The first-order chi connectivity index (χ1) is 6.83. The van der Waals surface area contributed by atoms with Crippen LogP contribution in [0.2, 0.25) is 5.02 Å². The van der Waals surface area contributed by atoms with Crippen molar-refractivity contribution in [1.82, 2.24) is 5.32 Å². The summed E-state index contributed by atoms with van der Waals surface area (Å²) in [6, 6.07) is 8.05. The highest BCUT2D eigenvalue weighted by molar-refractivity contribution is 7.98. The molecule has 0 heterocycles. The fourth-order valence-corrected chi connectivity index (χ4v) is 1.66. The van der Waals surface area contributed by atoms with Crippen molar-refractivity contribution < 1.29 is 0 Å². The van der Waals surface area contributed by atoms with E-state index in [1.807, 2.05) is 23.9 Å². The third-order valence-electron chi connectivity index (χ3n) is 1.99. The molecule has 0 aliphatic rings. The molecule has 0 unspecified atom stereocenters. The Labute approximate surface area is 95.2 Å². The van der Waals surface area contributed by atoms with Crippen LogP contribution in [-0.2, 0) is 6.42 Å². The number of benzene rings is 1. The van der Waals surface area contributed by atoms with Gasteiger partial charge in [0.2, 0.25) is 0 Å². The van der Waals surface area contributed by atoms with Crippen LogP contribution in [0.25, 0.3) is 0 Å². The van der Waals surface area contributed by atoms with E-state index < -0.39 is 0 Å². The molecule has 0 atom stereocenters. The highest BCUT2D eigenvalue weighted by Gasteiger charge is 1.92. The van der Waals surface area contributed by atoms with Crippen LogP contribution in [0.3, 0.4) is 0 Å². The second kappa shape index (κ2) is 7.16. The highest BCUT2D eigenvalue weighted by atomic mass is 35.5. The SMILES string of the molecule is CSCCNCCc1ccc(Cl)cc1. The van der Waals surface area contributed by atoms with Gasteiger partial charge in [0.25, 0.3) is 0 Å².